The van der Waals surface area contributed by atoms with Crippen LogP contribution < -0.4 is 15.5 Å². The number of nitrogens with zero attached hydrogens (tertiary/aromatic N) is 1. The molecule has 2 aromatic carbocycles. The molecule has 27 heavy (non-hydrogen) atoms. The van der Waals surface area contributed by atoms with Crippen molar-refractivity contribution in [3.63, 3.8) is 0 Å². The maximum Gasteiger partial charge on any atom is 0.313 e. The molecule has 6 nitrogen and oxygen atoms in total. The maximum absolute atomic E-state index is 12.3. The molecule has 2 aromatic rings. The van der Waals surface area contributed by atoms with Crippen LogP contribution in [0.4, 0.5) is 11.4 Å². The van der Waals surface area contributed by atoms with E-state index in [1.165, 1.54) is 0 Å². The maximum atomic E-state index is 12.3. The number of rotatable bonds is 3. The summed E-state index contributed by atoms with van der Waals surface area (Å²) >= 11 is 0. The molecule has 138 valence electrons. The molecule has 2 N–H and O–H groups in total. The summed E-state index contributed by atoms with van der Waals surface area (Å²) in [5, 5.41) is 5.42. The Morgan fingerprint density at radius 3 is 2.44 bits per heavy atom. The van der Waals surface area contributed by atoms with E-state index in [-0.39, 0.29) is 11.9 Å². The van der Waals surface area contributed by atoms with Crippen LogP contribution in [0.3, 0.4) is 0 Å². The first-order chi connectivity index (χ1) is 13.0. The van der Waals surface area contributed by atoms with Gasteiger partial charge in [-0.2, -0.15) is 0 Å². The Morgan fingerprint density at radius 2 is 1.70 bits per heavy atom. The third-order valence-electron chi connectivity index (χ3n) is 5.16. The Hall–Kier alpha value is -3.15. The number of benzene rings is 2. The number of nitrogens with one attached hydrogen (secondary N) is 2. The lowest BCUT2D eigenvalue weighted by molar-refractivity contribution is -0.136. The molecule has 3 amide bonds. The van der Waals surface area contributed by atoms with E-state index in [4.69, 9.17) is 0 Å². The molecule has 0 bridgehead atoms. The predicted octanol–water partition coefficient (Wildman–Crippen LogP) is 2.34. The first kappa shape index (κ1) is 17.3. The van der Waals surface area contributed by atoms with Gasteiger partial charge >= 0.3 is 11.8 Å². The van der Waals surface area contributed by atoms with Gasteiger partial charge < -0.3 is 15.5 Å². The molecule has 0 aliphatic carbocycles. The smallest absolute Gasteiger partial charge is 0.313 e. The van der Waals surface area contributed by atoms with Gasteiger partial charge in [-0.1, -0.05) is 30.3 Å². The van der Waals surface area contributed by atoms with Gasteiger partial charge in [-0.3, -0.25) is 14.4 Å². The van der Waals surface area contributed by atoms with E-state index in [0.29, 0.717) is 25.1 Å². The Balaban J connectivity index is 1.46. The highest BCUT2D eigenvalue weighted by atomic mass is 16.2. The monoisotopic (exact) mass is 363 g/mol. The first-order valence-electron chi connectivity index (χ1n) is 9.16. The number of carbonyl (C=O) groups is 3. The minimum Gasteiger partial charge on any atom is -0.341 e. The van der Waals surface area contributed by atoms with Gasteiger partial charge in [-0.25, -0.2) is 0 Å². The first-order valence-corrected chi connectivity index (χ1v) is 9.16. The summed E-state index contributed by atoms with van der Waals surface area (Å²) in [6.07, 6.45) is 1.92. The van der Waals surface area contributed by atoms with E-state index in [1.54, 1.807) is 0 Å². The molecular formula is C21H21N3O3. The summed E-state index contributed by atoms with van der Waals surface area (Å²) in [6, 6.07) is 13.0. The van der Waals surface area contributed by atoms with Gasteiger partial charge in [0.25, 0.3) is 0 Å². The molecule has 0 unspecified atom stereocenters. The van der Waals surface area contributed by atoms with E-state index in [9.17, 15) is 14.4 Å². The predicted molar refractivity (Wildman–Crippen MR) is 102 cm³/mol. The fourth-order valence-electron chi connectivity index (χ4n) is 3.81. The Kier molecular flexibility index (Phi) is 4.39. The molecule has 0 radical (unpaired) electrons. The van der Waals surface area contributed by atoms with Crippen LogP contribution in [0.5, 0.6) is 0 Å². The van der Waals surface area contributed by atoms with Crippen LogP contribution in [0.2, 0.25) is 0 Å². The molecule has 2 aliphatic rings. The molecule has 0 spiro atoms. The zero-order chi connectivity index (χ0) is 19.0. The van der Waals surface area contributed by atoms with Crippen molar-refractivity contribution in [3.05, 3.63) is 59.2 Å². The Labute approximate surface area is 157 Å². The third kappa shape index (κ3) is 3.30. The molecule has 6 heteroatoms. The zero-order valence-electron chi connectivity index (χ0n) is 15.1. The quantitative estimate of drug-likeness (QED) is 0.822. The number of aryl methyl sites for hydroxylation is 1. The second kappa shape index (κ2) is 6.87. The topological polar surface area (TPSA) is 78.5 Å². The van der Waals surface area contributed by atoms with Crippen molar-refractivity contribution in [3.8, 4) is 0 Å². The summed E-state index contributed by atoms with van der Waals surface area (Å²) in [4.78, 5) is 38.4. The summed E-state index contributed by atoms with van der Waals surface area (Å²) in [6.45, 7) is 2.53. The van der Waals surface area contributed by atoms with Crippen molar-refractivity contribution in [2.75, 3.05) is 16.8 Å². The van der Waals surface area contributed by atoms with Crippen LogP contribution in [0.25, 0.3) is 0 Å². The van der Waals surface area contributed by atoms with Gasteiger partial charge in [0.2, 0.25) is 5.91 Å². The lowest BCUT2D eigenvalue weighted by Crippen LogP contribution is -2.37. The van der Waals surface area contributed by atoms with E-state index in [0.717, 1.165) is 28.8 Å². The minimum absolute atomic E-state index is 0.160. The molecule has 0 saturated carbocycles. The van der Waals surface area contributed by atoms with Gasteiger partial charge in [0.05, 0.1) is 11.7 Å². The average molecular weight is 363 g/mol. The van der Waals surface area contributed by atoms with Gasteiger partial charge in [-0.05, 0) is 48.6 Å². The normalized spacial score (nSPS) is 15.9. The van der Waals surface area contributed by atoms with Crippen LogP contribution in [0, 0.1) is 0 Å². The number of amides is 3. The van der Waals surface area contributed by atoms with Crippen molar-refractivity contribution >= 4 is 29.1 Å². The number of hydrogen-bond donors (Lipinski definition) is 2. The molecule has 0 saturated heterocycles. The fraction of sp³-hybridized carbons (Fsp3) is 0.286. The van der Waals surface area contributed by atoms with Crippen molar-refractivity contribution in [2.24, 2.45) is 0 Å². The minimum atomic E-state index is -0.688. The SMILES string of the molecule is C[C@H](NC(=O)C(=O)Nc1cc2c3c(c1)CCN3C(=O)CC2)c1ccccc1. The number of carbonyl (C=O) groups excluding carboxylic acids is 3. The molecule has 4 rings (SSSR count). The summed E-state index contributed by atoms with van der Waals surface area (Å²) in [7, 11) is 0. The highest BCUT2D eigenvalue weighted by Gasteiger charge is 2.31. The number of anilines is 2. The molecule has 1 atom stereocenters. The highest BCUT2D eigenvalue weighted by Crippen LogP contribution is 2.38. The van der Waals surface area contributed by atoms with Gasteiger partial charge in [-0.15, -0.1) is 0 Å². The molecule has 0 aromatic heterocycles. The standard InChI is InChI=1S/C21H21N3O3/c1-13(14-5-3-2-4-6-14)22-20(26)21(27)23-17-11-15-7-8-18(25)24-10-9-16(12-17)19(15)24/h2-6,11-13H,7-10H2,1H3,(H,22,26)(H,23,27)/t13-/m0/s1. The Morgan fingerprint density at radius 1 is 1.00 bits per heavy atom. The van der Waals surface area contributed by atoms with Crippen molar-refractivity contribution in [2.45, 2.75) is 32.2 Å². The lowest BCUT2D eigenvalue weighted by atomic mass is 9.98. The third-order valence-corrected chi connectivity index (χ3v) is 5.16. The lowest BCUT2D eigenvalue weighted by Gasteiger charge is -2.25. The van der Waals surface area contributed by atoms with Crippen molar-refractivity contribution in [1.29, 1.82) is 0 Å². The van der Waals surface area contributed by atoms with Crippen LogP contribution in [0.1, 0.15) is 36.1 Å². The van der Waals surface area contributed by atoms with E-state index < -0.39 is 11.8 Å². The van der Waals surface area contributed by atoms with Gasteiger partial charge in [0.15, 0.2) is 0 Å². The van der Waals surface area contributed by atoms with Crippen molar-refractivity contribution in [1.82, 2.24) is 5.32 Å². The van der Waals surface area contributed by atoms with Gasteiger partial charge in [0, 0.05) is 18.7 Å². The average Bonchev–Trinajstić information content (AvgIpc) is 3.10. The van der Waals surface area contributed by atoms with Crippen LogP contribution >= 0.6 is 0 Å². The van der Waals surface area contributed by atoms with Crippen LogP contribution in [-0.2, 0) is 27.2 Å². The second-order valence-electron chi connectivity index (χ2n) is 7.00. The molecule has 0 fully saturated rings. The fourth-order valence-corrected chi connectivity index (χ4v) is 3.81. The largest absolute Gasteiger partial charge is 0.341 e. The molecule has 2 heterocycles. The van der Waals surface area contributed by atoms with E-state index in [1.807, 2.05) is 54.3 Å². The second-order valence-corrected chi connectivity index (χ2v) is 7.00. The zero-order valence-corrected chi connectivity index (χ0v) is 15.1. The van der Waals surface area contributed by atoms with Gasteiger partial charge in [0.1, 0.15) is 0 Å². The van der Waals surface area contributed by atoms with Crippen molar-refractivity contribution < 1.29 is 14.4 Å². The molecule has 2 aliphatic heterocycles. The van der Waals surface area contributed by atoms with Crippen LogP contribution in [-0.4, -0.2) is 24.3 Å². The van der Waals surface area contributed by atoms with E-state index in [2.05, 4.69) is 10.6 Å². The summed E-state index contributed by atoms with van der Waals surface area (Å²) in [5.41, 5.74) is 4.64. The Bertz CT molecular complexity index is 924. The highest BCUT2D eigenvalue weighted by molar-refractivity contribution is 6.39. The number of hydrogen-bond acceptors (Lipinski definition) is 3. The van der Waals surface area contributed by atoms with Crippen LogP contribution in [0.15, 0.2) is 42.5 Å². The summed E-state index contributed by atoms with van der Waals surface area (Å²) in [5.74, 6) is -1.20. The van der Waals surface area contributed by atoms with E-state index >= 15 is 0 Å². The summed E-state index contributed by atoms with van der Waals surface area (Å²) < 4.78 is 0. The molecular weight excluding hydrogens is 342 g/mol.